The van der Waals surface area contributed by atoms with Gasteiger partial charge in [0, 0.05) is 32.7 Å². The molecule has 1 aliphatic carbocycles. The summed E-state index contributed by atoms with van der Waals surface area (Å²) in [6.45, 7) is 5.35. The number of nitrogens with one attached hydrogen (secondary N) is 2. The van der Waals surface area contributed by atoms with Crippen LogP contribution in [-0.4, -0.2) is 57.8 Å². The molecule has 30 heavy (non-hydrogen) atoms. The second-order valence-corrected chi connectivity index (χ2v) is 8.49. The van der Waals surface area contributed by atoms with Gasteiger partial charge in [0.2, 0.25) is 5.91 Å². The molecule has 1 amide bonds. The fourth-order valence-electron chi connectivity index (χ4n) is 5.33. The van der Waals surface area contributed by atoms with Crippen LogP contribution in [0.1, 0.15) is 36.8 Å². The van der Waals surface area contributed by atoms with Gasteiger partial charge in [-0.1, -0.05) is 12.8 Å². The largest absolute Gasteiger partial charge is 0.493 e. The van der Waals surface area contributed by atoms with E-state index in [1.807, 2.05) is 0 Å². The summed E-state index contributed by atoms with van der Waals surface area (Å²) in [5.41, 5.74) is 2.47. The standard InChI is InChI=1S/C22H33N3O3.2ClH/c1-27-19-11-16-6-9-25(14-17(16)12-20(19)28-2)10-8-24-21(26)22-7-4-3-5-18(22)13-23-15-22;;/h11-12,18,23H,3-10,13-15H2,1-2H3,(H,24,26);2*1H/t18-,22+;;/m0../s1. The summed E-state index contributed by atoms with van der Waals surface area (Å²) in [5.74, 6) is 2.37. The molecular formula is C22H35Cl2N3O3. The molecular weight excluding hydrogens is 425 g/mol. The number of methoxy groups -OCH3 is 2. The Kier molecular flexibility index (Phi) is 9.10. The molecule has 6 nitrogen and oxygen atoms in total. The van der Waals surface area contributed by atoms with Gasteiger partial charge >= 0.3 is 0 Å². The first-order valence-corrected chi connectivity index (χ1v) is 10.6. The SMILES string of the molecule is COc1cc2c(cc1OC)CN(CCNC(=O)[C@@]13CCCC[C@H]1CNC3)CC2.Cl.Cl. The Balaban J connectivity index is 0.00000160. The summed E-state index contributed by atoms with van der Waals surface area (Å²) in [4.78, 5) is 15.4. The molecule has 0 bridgehead atoms. The lowest BCUT2D eigenvalue weighted by atomic mass is 9.67. The first kappa shape index (κ1) is 25.1. The number of carbonyl (C=O) groups is 1. The number of nitrogens with zero attached hydrogens (tertiary/aromatic N) is 1. The Morgan fingerprint density at radius 2 is 1.93 bits per heavy atom. The number of fused-ring (bicyclic) bond motifs is 2. The van der Waals surface area contributed by atoms with Crippen molar-refractivity contribution in [3.63, 3.8) is 0 Å². The van der Waals surface area contributed by atoms with Gasteiger partial charge in [0.25, 0.3) is 0 Å². The minimum absolute atomic E-state index is 0. The van der Waals surface area contributed by atoms with Crippen molar-refractivity contribution in [2.24, 2.45) is 11.3 Å². The van der Waals surface area contributed by atoms with Gasteiger partial charge in [-0.05, 0) is 55.0 Å². The lowest BCUT2D eigenvalue weighted by Crippen LogP contribution is -2.49. The average Bonchev–Trinajstić information content (AvgIpc) is 3.18. The number of hydrogen-bond donors (Lipinski definition) is 2. The zero-order chi connectivity index (χ0) is 19.6. The highest BCUT2D eigenvalue weighted by Crippen LogP contribution is 2.43. The van der Waals surface area contributed by atoms with Gasteiger partial charge in [-0.15, -0.1) is 24.8 Å². The van der Waals surface area contributed by atoms with Crippen LogP contribution in [0.2, 0.25) is 0 Å². The number of halogens is 2. The van der Waals surface area contributed by atoms with E-state index < -0.39 is 0 Å². The number of ether oxygens (including phenoxy) is 2. The fraction of sp³-hybridized carbons (Fsp3) is 0.682. The first-order valence-electron chi connectivity index (χ1n) is 10.6. The van der Waals surface area contributed by atoms with Gasteiger partial charge in [0.15, 0.2) is 11.5 Å². The van der Waals surface area contributed by atoms with Gasteiger partial charge in [-0.25, -0.2) is 0 Å². The van der Waals surface area contributed by atoms with Gasteiger partial charge < -0.3 is 20.1 Å². The molecule has 2 fully saturated rings. The molecule has 8 heteroatoms. The molecule has 2 heterocycles. The highest BCUT2D eigenvalue weighted by molar-refractivity contribution is 5.85. The summed E-state index contributed by atoms with van der Waals surface area (Å²) in [7, 11) is 3.36. The minimum Gasteiger partial charge on any atom is -0.493 e. The van der Waals surface area contributed by atoms with Crippen LogP contribution in [0, 0.1) is 11.3 Å². The smallest absolute Gasteiger partial charge is 0.227 e. The molecule has 1 aromatic rings. The highest BCUT2D eigenvalue weighted by Gasteiger charge is 2.49. The van der Waals surface area contributed by atoms with Crippen LogP contribution in [0.3, 0.4) is 0 Å². The number of amides is 1. The fourth-order valence-corrected chi connectivity index (χ4v) is 5.33. The second-order valence-electron chi connectivity index (χ2n) is 8.49. The molecule has 170 valence electrons. The van der Waals surface area contributed by atoms with Crippen LogP contribution in [-0.2, 0) is 17.8 Å². The lowest BCUT2D eigenvalue weighted by molar-refractivity contribution is -0.134. The van der Waals surface area contributed by atoms with E-state index in [2.05, 4.69) is 27.7 Å². The molecule has 2 atom stereocenters. The topological polar surface area (TPSA) is 62.8 Å². The normalized spacial score (nSPS) is 25.2. The third-order valence-electron chi connectivity index (χ3n) is 7.00. The molecule has 0 spiro atoms. The maximum atomic E-state index is 13.0. The van der Waals surface area contributed by atoms with E-state index in [-0.39, 0.29) is 36.1 Å². The van der Waals surface area contributed by atoms with Crippen molar-refractivity contribution < 1.29 is 14.3 Å². The van der Waals surface area contributed by atoms with E-state index in [0.29, 0.717) is 5.92 Å². The minimum atomic E-state index is -0.156. The third-order valence-corrected chi connectivity index (χ3v) is 7.00. The molecule has 0 radical (unpaired) electrons. The molecule has 2 aliphatic heterocycles. The van der Waals surface area contributed by atoms with E-state index in [0.717, 1.165) is 63.6 Å². The molecule has 4 rings (SSSR count). The van der Waals surface area contributed by atoms with Crippen molar-refractivity contribution in [1.82, 2.24) is 15.5 Å². The van der Waals surface area contributed by atoms with Crippen LogP contribution in [0.5, 0.6) is 11.5 Å². The predicted octanol–water partition coefficient (Wildman–Crippen LogP) is 2.80. The Morgan fingerprint density at radius 3 is 2.67 bits per heavy atom. The first-order chi connectivity index (χ1) is 13.7. The van der Waals surface area contributed by atoms with E-state index >= 15 is 0 Å². The highest BCUT2D eigenvalue weighted by atomic mass is 35.5. The number of benzene rings is 1. The van der Waals surface area contributed by atoms with Crippen molar-refractivity contribution in [3.05, 3.63) is 23.3 Å². The van der Waals surface area contributed by atoms with E-state index in [4.69, 9.17) is 9.47 Å². The maximum Gasteiger partial charge on any atom is 0.227 e. The molecule has 0 aromatic heterocycles. The predicted molar refractivity (Wildman–Crippen MR) is 123 cm³/mol. The van der Waals surface area contributed by atoms with Crippen molar-refractivity contribution in [2.75, 3.05) is 46.9 Å². The van der Waals surface area contributed by atoms with E-state index in [1.165, 1.54) is 30.4 Å². The van der Waals surface area contributed by atoms with E-state index in [9.17, 15) is 4.79 Å². The molecule has 1 saturated carbocycles. The molecule has 2 N–H and O–H groups in total. The Bertz CT molecular complexity index is 734. The van der Waals surface area contributed by atoms with Crippen molar-refractivity contribution in [1.29, 1.82) is 0 Å². The van der Waals surface area contributed by atoms with Gasteiger partial charge in [-0.2, -0.15) is 0 Å². The summed E-state index contributed by atoms with van der Waals surface area (Å²) in [6, 6.07) is 4.19. The van der Waals surface area contributed by atoms with Gasteiger partial charge in [-0.3, -0.25) is 9.69 Å². The quantitative estimate of drug-likeness (QED) is 0.684. The van der Waals surface area contributed by atoms with E-state index in [1.54, 1.807) is 14.2 Å². The van der Waals surface area contributed by atoms with Crippen LogP contribution in [0.25, 0.3) is 0 Å². The Hall–Kier alpha value is -1.21. The Labute approximate surface area is 192 Å². The van der Waals surface area contributed by atoms with Crippen LogP contribution in [0.15, 0.2) is 12.1 Å². The summed E-state index contributed by atoms with van der Waals surface area (Å²) >= 11 is 0. The zero-order valence-electron chi connectivity index (χ0n) is 18.0. The summed E-state index contributed by atoms with van der Waals surface area (Å²) in [5, 5.41) is 6.72. The average molecular weight is 460 g/mol. The molecule has 3 aliphatic rings. The van der Waals surface area contributed by atoms with Crippen LogP contribution in [0.4, 0.5) is 0 Å². The summed E-state index contributed by atoms with van der Waals surface area (Å²) < 4.78 is 10.9. The lowest BCUT2D eigenvalue weighted by Gasteiger charge is -2.37. The summed E-state index contributed by atoms with van der Waals surface area (Å²) in [6.07, 6.45) is 5.67. The second kappa shape index (κ2) is 10.9. The Morgan fingerprint density at radius 1 is 1.20 bits per heavy atom. The monoisotopic (exact) mass is 459 g/mol. The van der Waals surface area contributed by atoms with Crippen LogP contribution >= 0.6 is 24.8 Å². The number of carbonyl (C=O) groups excluding carboxylic acids is 1. The maximum absolute atomic E-state index is 13.0. The number of rotatable bonds is 6. The molecule has 0 unspecified atom stereocenters. The zero-order valence-corrected chi connectivity index (χ0v) is 19.6. The third kappa shape index (κ3) is 4.82. The van der Waals surface area contributed by atoms with Crippen molar-refractivity contribution in [3.8, 4) is 11.5 Å². The van der Waals surface area contributed by atoms with Gasteiger partial charge in [0.1, 0.15) is 0 Å². The van der Waals surface area contributed by atoms with Crippen molar-refractivity contribution in [2.45, 2.75) is 38.6 Å². The van der Waals surface area contributed by atoms with Crippen LogP contribution < -0.4 is 20.1 Å². The molecule has 1 saturated heterocycles. The number of hydrogen-bond acceptors (Lipinski definition) is 5. The van der Waals surface area contributed by atoms with Gasteiger partial charge in [0.05, 0.1) is 19.6 Å². The molecule has 1 aromatic carbocycles. The van der Waals surface area contributed by atoms with Crippen molar-refractivity contribution >= 4 is 30.7 Å².